The summed E-state index contributed by atoms with van der Waals surface area (Å²) in [5, 5.41) is 19.1. The van der Waals surface area contributed by atoms with Crippen LogP contribution in [0.2, 0.25) is 0 Å². The minimum atomic E-state index is -4.42. The molecule has 0 aliphatic heterocycles. The van der Waals surface area contributed by atoms with Gasteiger partial charge in [-0.3, -0.25) is 0 Å². The largest absolute Gasteiger partial charge is 0.508 e. The van der Waals surface area contributed by atoms with Crippen molar-refractivity contribution >= 4 is 0 Å². The average Bonchev–Trinajstić information content (AvgIpc) is 2.40. The molecule has 0 aliphatic rings. The van der Waals surface area contributed by atoms with Crippen molar-refractivity contribution in [2.75, 3.05) is 0 Å². The number of hydrogen-bond acceptors (Lipinski definition) is 2. The first-order valence-electron chi connectivity index (χ1n) is 5.99. The molecule has 20 heavy (non-hydrogen) atoms. The molecule has 0 bridgehead atoms. The number of hydrogen-bond donors (Lipinski definition) is 2. The first-order valence-corrected chi connectivity index (χ1v) is 5.99. The van der Waals surface area contributed by atoms with Crippen molar-refractivity contribution in [3.8, 4) is 5.75 Å². The molecule has 2 nitrogen and oxygen atoms in total. The summed E-state index contributed by atoms with van der Waals surface area (Å²) in [6.45, 7) is 0. The Morgan fingerprint density at radius 3 is 2.25 bits per heavy atom. The van der Waals surface area contributed by atoms with Gasteiger partial charge in [0.1, 0.15) is 5.75 Å². The molecule has 1 unspecified atom stereocenters. The van der Waals surface area contributed by atoms with Crippen LogP contribution in [0.25, 0.3) is 0 Å². The zero-order chi connectivity index (χ0) is 14.8. The van der Waals surface area contributed by atoms with Crippen molar-refractivity contribution in [2.24, 2.45) is 0 Å². The number of aromatic hydroxyl groups is 1. The molecule has 5 heteroatoms. The minimum absolute atomic E-state index is 0.0994. The predicted octanol–water partition coefficient (Wildman–Crippen LogP) is 3.69. The van der Waals surface area contributed by atoms with E-state index in [4.69, 9.17) is 5.11 Å². The molecule has 0 saturated heterocycles. The van der Waals surface area contributed by atoms with Gasteiger partial charge in [0.25, 0.3) is 0 Å². The van der Waals surface area contributed by atoms with Crippen LogP contribution in [0.1, 0.15) is 22.8 Å². The van der Waals surface area contributed by atoms with Gasteiger partial charge in [0, 0.05) is 6.42 Å². The second-order valence-corrected chi connectivity index (χ2v) is 4.51. The second kappa shape index (κ2) is 5.54. The lowest BCUT2D eigenvalue weighted by Gasteiger charge is -2.14. The standard InChI is InChI=1S/C15H13F3O2/c16-15(17,18)12-3-1-2-11(9-12)14(20)8-10-4-6-13(19)7-5-10/h1-7,9,14,19-20H,8H2. The second-order valence-electron chi connectivity index (χ2n) is 4.51. The zero-order valence-corrected chi connectivity index (χ0v) is 10.4. The van der Waals surface area contributed by atoms with Gasteiger partial charge in [-0.15, -0.1) is 0 Å². The van der Waals surface area contributed by atoms with E-state index in [0.29, 0.717) is 0 Å². The number of phenols is 1. The van der Waals surface area contributed by atoms with Crippen LogP contribution in [0, 0.1) is 0 Å². The number of alkyl halides is 3. The molecule has 0 saturated carbocycles. The van der Waals surface area contributed by atoms with Crippen LogP contribution in [0.3, 0.4) is 0 Å². The normalized spacial score (nSPS) is 13.2. The molecule has 0 amide bonds. The fourth-order valence-corrected chi connectivity index (χ4v) is 1.90. The third kappa shape index (κ3) is 3.51. The summed E-state index contributed by atoms with van der Waals surface area (Å²) in [6, 6.07) is 10.8. The Kier molecular flexibility index (Phi) is 3.99. The first-order chi connectivity index (χ1) is 9.36. The molecule has 1 atom stereocenters. The van der Waals surface area contributed by atoms with E-state index >= 15 is 0 Å². The third-order valence-electron chi connectivity index (χ3n) is 2.96. The van der Waals surface area contributed by atoms with E-state index in [9.17, 15) is 18.3 Å². The molecule has 0 radical (unpaired) electrons. The lowest BCUT2D eigenvalue weighted by molar-refractivity contribution is -0.137. The lowest BCUT2D eigenvalue weighted by atomic mass is 9.99. The molecule has 2 aromatic carbocycles. The first kappa shape index (κ1) is 14.4. The number of phenolic OH excluding ortho intramolecular Hbond substituents is 1. The molecule has 0 aliphatic carbocycles. The quantitative estimate of drug-likeness (QED) is 0.901. The molecule has 0 heterocycles. The third-order valence-corrected chi connectivity index (χ3v) is 2.96. The van der Waals surface area contributed by atoms with E-state index in [2.05, 4.69) is 0 Å². The Morgan fingerprint density at radius 1 is 1.00 bits per heavy atom. The Balaban J connectivity index is 2.17. The highest BCUT2D eigenvalue weighted by atomic mass is 19.4. The SMILES string of the molecule is Oc1ccc(CC(O)c2cccc(C(F)(F)F)c2)cc1. The van der Waals surface area contributed by atoms with Gasteiger partial charge in [0.2, 0.25) is 0 Å². The van der Waals surface area contributed by atoms with E-state index in [1.165, 1.54) is 24.3 Å². The van der Waals surface area contributed by atoms with Crippen molar-refractivity contribution < 1.29 is 23.4 Å². The van der Waals surface area contributed by atoms with Gasteiger partial charge in [-0.2, -0.15) is 13.2 Å². The summed E-state index contributed by atoms with van der Waals surface area (Å²) in [5.74, 6) is 0.0994. The Bertz CT molecular complexity index is 576. The molecular weight excluding hydrogens is 269 g/mol. The number of rotatable bonds is 3. The summed E-state index contributed by atoms with van der Waals surface area (Å²) in [4.78, 5) is 0. The van der Waals surface area contributed by atoms with Gasteiger partial charge < -0.3 is 10.2 Å². The van der Waals surface area contributed by atoms with E-state index in [-0.39, 0.29) is 17.7 Å². The van der Waals surface area contributed by atoms with Gasteiger partial charge in [-0.05, 0) is 35.4 Å². The molecule has 0 aromatic heterocycles. The summed E-state index contributed by atoms with van der Waals surface area (Å²) in [7, 11) is 0. The van der Waals surface area contributed by atoms with Gasteiger partial charge >= 0.3 is 6.18 Å². The van der Waals surface area contributed by atoms with Crippen LogP contribution in [0.4, 0.5) is 13.2 Å². The highest BCUT2D eigenvalue weighted by Gasteiger charge is 2.30. The lowest BCUT2D eigenvalue weighted by Crippen LogP contribution is -2.08. The van der Waals surface area contributed by atoms with Crippen molar-refractivity contribution in [1.82, 2.24) is 0 Å². The smallest absolute Gasteiger partial charge is 0.416 e. The van der Waals surface area contributed by atoms with Gasteiger partial charge in [-0.1, -0.05) is 24.3 Å². The Morgan fingerprint density at radius 2 is 1.65 bits per heavy atom. The van der Waals surface area contributed by atoms with Crippen molar-refractivity contribution in [2.45, 2.75) is 18.7 Å². The average molecular weight is 282 g/mol. The summed E-state index contributed by atoms with van der Waals surface area (Å²) >= 11 is 0. The monoisotopic (exact) mass is 282 g/mol. The van der Waals surface area contributed by atoms with E-state index in [1.807, 2.05) is 0 Å². The van der Waals surface area contributed by atoms with Crippen LogP contribution < -0.4 is 0 Å². The molecule has 106 valence electrons. The summed E-state index contributed by atoms with van der Waals surface area (Å²) in [5.41, 5.74) is 0.167. The molecule has 0 spiro atoms. The fourth-order valence-electron chi connectivity index (χ4n) is 1.90. The van der Waals surface area contributed by atoms with Crippen LogP contribution in [0.5, 0.6) is 5.75 Å². The maximum atomic E-state index is 12.6. The van der Waals surface area contributed by atoms with Gasteiger partial charge in [0.15, 0.2) is 0 Å². The summed E-state index contributed by atoms with van der Waals surface area (Å²) in [6.07, 6.45) is -5.27. The van der Waals surface area contributed by atoms with Crippen molar-refractivity contribution in [3.63, 3.8) is 0 Å². The number of aliphatic hydroxyl groups is 1. The Hall–Kier alpha value is -2.01. The summed E-state index contributed by atoms with van der Waals surface area (Å²) < 4.78 is 37.8. The maximum Gasteiger partial charge on any atom is 0.416 e. The van der Waals surface area contributed by atoms with Crippen LogP contribution in [-0.2, 0) is 12.6 Å². The fraction of sp³-hybridized carbons (Fsp3) is 0.200. The maximum absolute atomic E-state index is 12.6. The topological polar surface area (TPSA) is 40.5 Å². The molecule has 2 N–H and O–H groups in total. The predicted molar refractivity (Wildman–Crippen MR) is 68.2 cm³/mol. The number of halogens is 3. The van der Waals surface area contributed by atoms with Crippen LogP contribution in [0.15, 0.2) is 48.5 Å². The van der Waals surface area contributed by atoms with Gasteiger partial charge in [0.05, 0.1) is 11.7 Å². The van der Waals surface area contributed by atoms with E-state index < -0.39 is 17.8 Å². The molecule has 2 aromatic rings. The number of benzene rings is 2. The minimum Gasteiger partial charge on any atom is -0.508 e. The van der Waals surface area contributed by atoms with Crippen molar-refractivity contribution in [1.29, 1.82) is 0 Å². The molecule has 0 fully saturated rings. The van der Waals surface area contributed by atoms with Crippen molar-refractivity contribution in [3.05, 3.63) is 65.2 Å². The molecular formula is C15H13F3O2. The van der Waals surface area contributed by atoms with Crippen LogP contribution in [-0.4, -0.2) is 10.2 Å². The van der Waals surface area contributed by atoms with E-state index in [0.717, 1.165) is 17.7 Å². The Labute approximate surface area is 114 Å². The van der Waals surface area contributed by atoms with E-state index in [1.54, 1.807) is 12.1 Å². The highest BCUT2D eigenvalue weighted by Crippen LogP contribution is 2.31. The van der Waals surface area contributed by atoms with Crippen LogP contribution >= 0.6 is 0 Å². The zero-order valence-electron chi connectivity index (χ0n) is 10.4. The number of aliphatic hydroxyl groups excluding tert-OH is 1. The highest BCUT2D eigenvalue weighted by molar-refractivity contribution is 5.30. The van der Waals surface area contributed by atoms with Gasteiger partial charge in [-0.25, -0.2) is 0 Å². The molecule has 2 rings (SSSR count).